The Bertz CT molecular complexity index is 391. The van der Waals surface area contributed by atoms with E-state index in [4.69, 9.17) is 4.74 Å². The van der Waals surface area contributed by atoms with Crippen molar-refractivity contribution in [2.24, 2.45) is 0 Å². The van der Waals surface area contributed by atoms with Crippen molar-refractivity contribution >= 4 is 21.7 Å². The van der Waals surface area contributed by atoms with Gasteiger partial charge >= 0.3 is 0 Å². The third kappa shape index (κ3) is 2.53. The molecule has 0 aliphatic carbocycles. The number of methoxy groups -OCH3 is 1. The molecule has 0 saturated heterocycles. The first-order valence-corrected chi connectivity index (χ1v) is 4.93. The number of halogens is 3. The first-order chi connectivity index (χ1) is 6.97. The van der Waals surface area contributed by atoms with E-state index < -0.39 is 6.43 Å². The van der Waals surface area contributed by atoms with Crippen LogP contribution in [0, 0.1) is 0 Å². The molecule has 0 fully saturated rings. The highest BCUT2D eigenvalue weighted by atomic mass is 79.9. The number of hydrogen-bond acceptors (Lipinski definition) is 2. The van der Waals surface area contributed by atoms with Gasteiger partial charge in [0.1, 0.15) is 5.75 Å². The number of rotatable bonds is 3. The lowest BCUT2D eigenvalue weighted by molar-refractivity contribution is 0.101. The Kier molecular flexibility index (Phi) is 3.79. The zero-order valence-corrected chi connectivity index (χ0v) is 9.77. The van der Waals surface area contributed by atoms with Crippen molar-refractivity contribution in [3.8, 4) is 5.75 Å². The Morgan fingerprint density at radius 3 is 2.47 bits per heavy atom. The Morgan fingerprint density at radius 1 is 1.47 bits per heavy atom. The van der Waals surface area contributed by atoms with Crippen LogP contribution in [-0.2, 0) is 0 Å². The van der Waals surface area contributed by atoms with Crippen LogP contribution in [0.4, 0.5) is 8.78 Å². The van der Waals surface area contributed by atoms with Gasteiger partial charge in [0, 0.05) is 10.0 Å². The van der Waals surface area contributed by atoms with Gasteiger partial charge in [0.2, 0.25) is 0 Å². The van der Waals surface area contributed by atoms with Crippen molar-refractivity contribution in [3.05, 3.63) is 27.7 Å². The molecule has 0 aliphatic heterocycles. The van der Waals surface area contributed by atoms with E-state index in [1.165, 1.54) is 20.1 Å². The summed E-state index contributed by atoms with van der Waals surface area (Å²) in [4.78, 5) is 11.1. The van der Waals surface area contributed by atoms with Crippen LogP contribution in [0.1, 0.15) is 29.3 Å². The highest BCUT2D eigenvalue weighted by Gasteiger charge is 2.18. The van der Waals surface area contributed by atoms with Crippen molar-refractivity contribution in [1.29, 1.82) is 0 Å². The SMILES string of the molecule is COc1cc(Br)c(C(C)=O)cc1C(F)F. The molecule has 1 aromatic rings. The zero-order valence-electron chi connectivity index (χ0n) is 8.18. The Balaban J connectivity index is 3.37. The van der Waals surface area contributed by atoms with Gasteiger partial charge in [0.15, 0.2) is 5.78 Å². The van der Waals surface area contributed by atoms with Crippen LogP contribution in [0.25, 0.3) is 0 Å². The Morgan fingerprint density at radius 2 is 2.07 bits per heavy atom. The van der Waals surface area contributed by atoms with Crippen molar-refractivity contribution in [2.75, 3.05) is 7.11 Å². The topological polar surface area (TPSA) is 26.3 Å². The van der Waals surface area contributed by atoms with Crippen LogP contribution in [0.3, 0.4) is 0 Å². The van der Waals surface area contributed by atoms with Crippen LogP contribution in [0.2, 0.25) is 0 Å². The third-order valence-corrected chi connectivity index (χ3v) is 2.59. The Labute approximate surface area is 94.4 Å². The molecule has 0 aromatic heterocycles. The first-order valence-electron chi connectivity index (χ1n) is 4.14. The number of benzene rings is 1. The molecule has 1 rings (SSSR count). The number of alkyl halides is 2. The molecular formula is C10H9BrF2O2. The van der Waals surface area contributed by atoms with E-state index in [2.05, 4.69) is 15.9 Å². The predicted molar refractivity (Wildman–Crippen MR) is 55.7 cm³/mol. The standard InChI is InChI=1S/C10H9BrF2O2/c1-5(14)6-3-7(10(12)13)9(15-2)4-8(6)11/h3-4,10H,1-2H3. The molecule has 0 unspecified atom stereocenters. The number of carbonyl (C=O) groups is 1. The number of ether oxygens (including phenoxy) is 1. The van der Waals surface area contributed by atoms with Crippen LogP contribution < -0.4 is 4.74 Å². The molecule has 0 bridgehead atoms. The van der Waals surface area contributed by atoms with Crippen LogP contribution >= 0.6 is 15.9 Å². The van der Waals surface area contributed by atoms with Crippen molar-refractivity contribution < 1.29 is 18.3 Å². The summed E-state index contributed by atoms with van der Waals surface area (Å²) in [6, 6.07) is 2.52. The minimum absolute atomic E-state index is 0.0712. The van der Waals surface area contributed by atoms with Gasteiger partial charge in [-0.3, -0.25) is 4.79 Å². The third-order valence-electron chi connectivity index (χ3n) is 1.93. The summed E-state index contributed by atoms with van der Waals surface area (Å²) in [7, 11) is 1.31. The minimum Gasteiger partial charge on any atom is -0.496 e. The van der Waals surface area contributed by atoms with Crippen LogP contribution in [0.15, 0.2) is 16.6 Å². The fourth-order valence-corrected chi connectivity index (χ4v) is 1.79. The van der Waals surface area contributed by atoms with Gasteiger partial charge < -0.3 is 4.74 Å². The Hall–Kier alpha value is -0.970. The second-order valence-electron chi connectivity index (χ2n) is 2.93. The molecule has 0 N–H and O–H groups in total. The second kappa shape index (κ2) is 4.70. The average molecular weight is 279 g/mol. The second-order valence-corrected chi connectivity index (χ2v) is 3.79. The van der Waals surface area contributed by atoms with E-state index in [1.54, 1.807) is 0 Å². The molecule has 1 aromatic carbocycles. The molecule has 0 amide bonds. The number of Topliss-reactive ketones (excluding diaryl/α,β-unsaturated/α-hetero) is 1. The summed E-state index contributed by atoms with van der Waals surface area (Å²) in [5, 5.41) is 0. The largest absolute Gasteiger partial charge is 0.496 e. The normalized spacial score (nSPS) is 10.5. The molecule has 0 saturated carbocycles. The maximum absolute atomic E-state index is 12.6. The maximum atomic E-state index is 12.6. The maximum Gasteiger partial charge on any atom is 0.267 e. The molecule has 82 valence electrons. The van der Waals surface area contributed by atoms with E-state index in [-0.39, 0.29) is 22.7 Å². The molecule has 0 atom stereocenters. The number of hydrogen-bond donors (Lipinski definition) is 0. The molecule has 15 heavy (non-hydrogen) atoms. The first kappa shape index (κ1) is 12.1. The van der Waals surface area contributed by atoms with E-state index in [0.717, 1.165) is 6.07 Å². The van der Waals surface area contributed by atoms with Crippen molar-refractivity contribution in [1.82, 2.24) is 0 Å². The van der Waals surface area contributed by atoms with Crippen molar-refractivity contribution in [2.45, 2.75) is 13.3 Å². The summed E-state index contributed by atoms with van der Waals surface area (Å²) in [6.07, 6.45) is -2.66. The minimum atomic E-state index is -2.66. The zero-order chi connectivity index (χ0) is 11.6. The predicted octanol–water partition coefficient (Wildman–Crippen LogP) is 3.60. The fourth-order valence-electron chi connectivity index (χ4n) is 1.19. The molecule has 0 aliphatic rings. The quantitative estimate of drug-likeness (QED) is 0.790. The highest BCUT2D eigenvalue weighted by molar-refractivity contribution is 9.10. The summed E-state index contributed by atoms with van der Waals surface area (Å²) >= 11 is 3.13. The van der Waals surface area contributed by atoms with E-state index >= 15 is 0 Å². The molecule has 2 nitrogen and oxygen atoms in total. The lowest BCUT2D eigenvalue weighted by Crippen LogP contribution is -1.99. The van der Waals surface area contributed by atoms with Gasteiger partial charge in [-0.2, -0.15) is 0 Å². The smallest absolute Gasteiger partial charge is 0.267 e. The molecular weight excluding hydrogens is 270 g/mol. The summed E-state index contributed by atoms with van der Waals surface area (Å²) < 4.78 is 30.4. The van der Waals surface area contributed by atoms with Gasteiger partial charge in [-0.25, -0.2) is 8.78 Å². The van der Waals surface area contributed by atoms with Crippen LogP contribution in [0.5, 0.6) is 5.75 Å². The van der Waals surface area contributed by atoms with E-state index in [0.29, 0.717) is 4.47 Å². The molecule has 0 heterocycles. The molecule has 0 spiro atoms. The molecule has 5 heteroatoms. The fraction of sp³-hybridized carbons (Fsp3) is 0.300. The summed E-state index contributed by atoms with van der Waals surface area (Å²) in [6.45, 7) is 1.32. The summed E-state index contributed by atoms with van der Waals surface area (Å²) in [5.41, 5.74) is -0.0444. The van der Waals surface area contributed by atoms with Gasteiger partial charge in [-0.1, -0.05) is 0 Å². The van der Waals surface area contributed by atoms with Crippen molar-refractivity contribution in [3.63, 3.8) is 0 Å². The van der Waals surface area contributed by atoms with Gasteiger partial charge in [-0.15, -0.1) is 0 Å². The highest BCUT2D eigenvalue weighted by Crippen LogP contribution is 2.34. The van der Waals surface area contributed by atoms with E-state index in [1.807, 2.05) is 0 Å². The number of ketones is 1. The molecule has 0 radical (unpaired) electrons. The van der Waals surface area contributed by atoms with Gasteiger partial charge in [-0.05, 0) is 35.0 Å². The summed E-state index contributed by atoms with van der Waals surface area (Å²) in [5.74, 6) is -0.201. The lowest BCUT2D eigenvalue weighted by atomic mass is 10.1. The van der Waals surface area contributed by atoms with E-state index in [9.17, 15) is 13.6 Å². The average Bonchev–Trinajstić information content (AvgIpc) is 2.16. The lowest BCUT2D eigenvalue weighted by Gasteiger charge is -2.10. The van der Waals surface area contributed by atoms with Crippen LogP contribution in [-0.4, -0.2) is 12.9 Å². The van der Waals surface area contributed by atoms with Gasteiger partial charge in [0.25, 0.3) is 6.43 Å². The number of carbonyl (C=O) groups excluding carboxylic acids is 1. The monoisotopic (exact) mass is 278 g/mol. The van der Waals surface area contributed by atoms with Gasteiger partial charge in [0.05, 0.1) is 12.7 Å².